The van der Waals surface area contributed by atoms with E-state index in [9.17, 15) is 4.79 Å². The molecule has 5 aromatic rings. The zero-order chi connectivity index (χ0) is 29.8. The molecule has 0 fully saturated rings. The van der Waals surface area contributed by atoms with E-state index < -0.39 is 0 Å². The molecule has 0 aliphatic carbocycles. The second kappa shape index (κ2) is 12.7. The topological polar surface area (TPSA) is 72.6 Å². The molecular weight excluding hydrogens is 554 g/mol. The fourth-order valence-corrected chi connectivity index (χ4v) is 6.22. The van der Waals surface area contributed by atoms with Gasteiger partial charge < -0.3 is 4.74 Å². The maximum Gasteiger partial charge on any atom is 0.253 e. The van der Waals surface area contributed by atoms with Gasteiger partial charge in [0.15, 0.2) is 5.16 Å². The first kappa shape index (κ1) is 28.4. The molecule has 1 amide bonds. The SMILES string of the molecule is COc1ccc([C@@H]2CC(c3ccccc3)=NN2C(=O)CSc2nnc(Cc3ccccc3)n2-c2ccc(C)cc2C)cc1. The molecule has 0 N–H and O–H groups in total. The number of benzene rings is 4. The fourth-order valence-electron chi connectivity index (χ4n) is 5.41. The molecule has 0 spiro atoms. The summed E-state index contributed by atoms with van der Waals surface area (Å²) in [7, 11) is 1.65. The molecule has 0 bridgehead atoms. The minimum Gasteiger partial charge on any atom is -0.497 e. The van der Waals surface area contributed by atoms with Crippen LogP contribution in [0.3, 0.4) is 0 Å². The van der Waals surface area contributed by atoms with Crippen molar-refractivity contribution < 1.29 is 9.53 Å². The normalized spacial score (nSPS) is 14.5. The lowest BCUT2D eigenvalue weighted by Crippen LogP contribution is -2.28. The van der Waals surface area contributed by atoms with E-state index in [-0.39, 0.29) is 17.7 Å². The van der Waals surface area contributed by atoms with Crippen LogP contribution in [0.15, 0.2) is 113 Å². The van der Waals surface area contributed by atoms with Gasteiger partial charge in [-0.25, -0.2) is 5.01 Å². The highest BCUT2D eigenvalue weighted by Crippen LogP contribution is 2.35. The highest BCUT2D eigenvalue weighted by molar-refractivity contribution is 7.99. The lowest BCUT2D eigenvalue weighted by Gasteiger charge is -2.22. The van der Waals surface area contributed by atoms with Crippen LogP contribution in [0.2, 0.25) is 0 Å². The minimum atomic E-state index is -0.208. The maximum absolute atomic E-state index is 13.9. The number of nitrogens with zero attached hydrogens (tertiary/aromatic N) is 5. The molecule has 1 aromatic heterocycles. The van der Waals surface area contributed by atoms with Crippen molar-refractivity contribution in [1.29, 1.82) is 0 Å². The van der Waals surface area contributed by atoms with Crippen molar-refractivity contribution in [2.24, 2.45) is 5.10 Å². The van der Waals surface area contributed by atoms with Gasteiger partial charge in [-0.05, 0) is 54.3 Å². The Kier molecular flexibility index (Phi) is 8.38. The summed E-state index contributed by atoms with van der Waals surface area (Å²) in [5.74, 6) is 1.69. The van der Waals surface area contributed by atoms with E-state index in [1.807, 2.05) is 72.8 Å². The van der Waals surface area contributed by atoms with Gasteiger partial charge in [0.25, 0.3) is 5.91 Å². The Labute approximate surface area is 256 Å². The molecule has 0 radical (unpaired) electrons. The van der Waals surface area contributed by atoms with Crippen LogP contribution in [0.5, 0.6) is 5.75 Å². The number of aromatic nitrogens is 3. The molecule has 1 atom stereocenters. The summed E-state index contributed by atoms with van der Waals surface area (Å²) in [6.45, 7) is 4.18. The maximum atomic E-state index is 13.9. The summed E-state index contributed by atoms with van der Waals surface area (Å²) < 4.78 is 7.44. The first-order valence-electron chi connectivity index (χ1n) is 14.3. The van der Waals surface area contributed by atoms with Crippen LogP contribution >= 0.6 is 11.8 Å². The van der Waals surface area contributed by atoms with Crippen molar-refractivity contribution in [3.05, 3.63) is 137 Å². The van der Waals surface area contributed by atoms with Gasteiger partial charge in [0.2, 0.25) is 0 Å². The Morgan fingerprint density at radius 3 is 2.33 bits per heavy atom. The van der Waals surface area contributed by atoms with Crippen LogP contribution in [-0.4, -0.2) is 44.3 Å². The van der Waals surface area contributed by atoms with E-state index in [1.165, 1.54) is 17.3 Å². The Balaban J connectivity index is 1.29. The molecule has 0 saturated heterocycles. The van der Waals surface area contributed by atoms with Crippen molar-refractivity contribution in [3.63, 3.8) is 0 Å². The number of rotatable bonds is 9. The Morgan fingerprint density at radius 2 is 1.63 bits per heavy atom. The summed E-state index contributed by atoms with van der Waals surface area (Å²) in [6, 6.07) is 34.3. The number of amides is 1. The van der Waals surface area contributed by atoms with E-state index in [0.29, 0.717) is 18.0 Å². The first-order valence-corrected chi connectivity index (χ1v) is 15.3. The van der Waals surface area contributed by atoms with E-state index in [1.54, 1.807) is 12.1 Å². The molecule has 7 nitrogen and oxygen atoms in total. The van der Waals surface area contributed by atoms with Crippen LogP contribution in [-0.2, 0) is 11.2 Å². The Bertz CT molecular complexity index is 1750. The van der Waals surface area contributed by atoms with Gasteiger partial charge in [-0.1, -0.05) is 102 Å². The highest BCUT2D eigenvalue weighted by Gasteiger charge is 2.33. The van der Waals surface area contributed by atoms with Crippen LogP contribution in [0.25, 0.3) is 5.69 Å². The molecule has 0 saturated carbocycles. The molecule has 1 aliphatic heterocycles. The quantitative estimate of drug-likeness (QED) is 0.175. The van der Waals surface area contributed by atoms with E-state index >= 15 is 0 Å². The molecule has 1 aliphatic rings. The second-order valence-corrected chi connectivity index (χ2v) is 11.6. The largest absolute Gasteiger partial charge is 0.497 e. The van der Waals surface area contributed by atoms with E-state index in [4.69, 9.17) is 9.84 Å². The van der Waals surface area contributed by atoms with Crippen molar-refractivity contribution in [1.82, 2.24) is 19.8 Å². The van der Waals surface area contributed by atoms with Crippen molar-refractivity contribution >= 4 is 23.4 Å². The average molecular weight is 588 g/mol. The van der Waals surface area contributed by atoms with Gasteiger partial charge >= 0.3 is 0 Å². The lowest BCUT2D eigenvalue weighted by atomic mass is 9.98. The Hall–Kier alpha value is -4.69. The zero-order valence-corrected chi connectivity index (χ0v) is 25.3. The number of aryl methyl sites for hydroxylation is 2. The van der Waals surface area contributed by atoms with E-state index in [0.717, 1.165) is 45.2 Å². The van der Waals surface area contributed by atoms with Crippen molar-refractivity contribution in [2.45, 2.75) is 37.9 Å². The molecule has 8 heteroatoms. The van der Waals surface area contributed by atoms with Gasteiger partial charge in [0, 0.05) is 12.8 Å². The zero-order valence-electron chi connectivity index (χ0n) is 24.5. The molecule has 4 aromatic carbocycles. The summed E-state index contributed by atoms with van der Waals surface area (Å²) in [5, 5.41) is 16.3. The summed E-state index contributed by atoms with van der Waals surface area (Å²) in [6.07, 6.45) is 1.26. The number of carbonyl (C=O) groups is 1. The number of thioether (sulfide) groups is 1. The molecule has 0 unspecified atom stereocenters. The number of hydrazone groups is 1. The predicted octanol–water partition coefficient (Wildman–Crippen LogP) is 6.95. The number of carbonyl (C=O) groups excluding carboxylic acids is 1. The summed E-state index contributed by atoms with van der Waals surface area (Å²) in [5.41, 5.74) is 7.39. The number of methoxy groups -OCH3 is 1. The smallest absolute Gasteiger partial charge is 0.253 e. The van der Waals surface area contributed by atoms with Crippen molar-refractivity contribution in [2.75, 3.05) is 12.9 Å². The monoisotopic (exact) mass is 587 g/mol. The van der Waals surface area contributed by atoms with Gasteiger partial charge in [-0.2, -0.15) is 5.10 Å². The van der Waals surface area contributed by atoms with E-state index in [2.05, 4.69) is 58.9 Å². The van der Waals surface area contributed by atoms with Crippen LogP contribution < -0.4 is 4.74 Å². The van der Waals surface area contributed by atoms with Crippen LogP contribution in [0.4, 0.5) is 0 Å². The third-order valence-electron chi connectivity index (χ3n) is 7.60. The molecule has 6 rings (SSSR count). The fraction of sp³-hybridized carbons (Fsp3) is 0.200. The average Bonchev–Trinajstić information content (AvgIpc) is 3.66. The van der Waals surface area contributed by atoms with Gasteiger partial charge in [-0.3, -0.25) is 9.36 Å². The van der Waals surface area contributed by atoms with Crippen LogP contribution in [0.1, 0.15) is 46.1 Å². The Morgan fingerprint density at radius 1 is 0.907 bits per heavy atom. The molecule has 2 heterocycles. The predicted molar refractivity (Wildman–Crippen MR) is 171 cm³/mol. The molecular formula is C35H33N5O2S. The van der Waals surface area contributed by atoms with Gasteiger partial charge in [0.05, 0.1) is 30.3 Å². The van der Waals surface area contributed by atoms with Gasteiger partial charge in [-0.15, -0.1) is 10.2 Å². The number of hydrogen-bond donors (Lipinski definition) is 0. The summed E-state index contributed by atoms with van der Waals surface area (Å²) in [4.78, 5) is 13.9. The van der Waals surface area contributed by atoms with Gasteiger partial charge in [0.1, 0.15) is 11.6 Å². The third-order valence-corrected chi connectivity index (χ3v) is 8.51. The third kappa shape index (κ3) is 6.24. The molecule has 43 heavy (non-hydrogen) atoms. The molecule has 216 valence electrons. The number of ether oxygens (including phenoxy) is 1. The second-order valence-electron chi connectivity index (χ2n) is 10.6. The summed E-state index contributed by atoms with van der Waals surface area (Å²) >= 11 is 1.39. The lowest BCUT2D eigenvalue weighted by molar-refractivity contribution is -0.130. The highest BCUT2D eigenvalue weighted by atomic mass is 32.2. The first-order chi connectivity index (χ1) is 21.0. The van der Waals surface area contributed by atoms with Crippen molar-refractivity contribution in [3.8, 4) is 11.4 Å². The minimum absolute atomic E-state index is 0.0865. The number of hydrogen-bond acceptors (Lipinski definition) is 6. The van der Waals surface area contributed by atoms with Crippen LogP contribution in [0, 0.1) is 13.8 Å². The standard InChI is InChI=1S/C35H33N5O2S/c1-24-14-19-31(25(2)20-24)39-33(21-26-10-6-4-7-11-26)36-37-35(39)43-23-34(41)40-32(28-15-17-29(42-3)18-16-28)22-30(38-40)27-12-8-5-9-13-27/h4-20,32H,21-23H2,1-3H3/t32-/m0/s1.